The molecule has 0 fully saturated rings. The smallest absolute Gasteiger partial charge is 0.182 e. The first kappa shape index (κ1) is 11.5. The molecule has 1 aromatic carbocycles. The third-order valence-electron chi connectivity index (χ3n) is 2.55. The van der Waals surface area contributed by atoms with Crippen molar-refractivity contribution in [1.29, 1.82) is 0 Å². The second kappa shape index (κ2) is 4.89. The van der Waals surface area contributed by atoms with E-state index in [2.05, 4.69) is 47.0 Å². The maximum Gasteiger partial charge on any atom is 0.182 e. The molecule has 2 nitrogen and oxygen atoms in total. The Morgan fingerprint density at radius 2 is 2.00 bits per heavy atom. The molecule has 0 aliphatic heterocycles. The van der Waals surface area contributed by atoms with Crippen LogP contribution in [0.15, 0.2) is 35.4 Å². The Kier molecular flexibility index (Phi) is 3.51. The molecule has 84 valence electrons. The van der Waals surface area contributed by atoms with Crippen LogP contribution < -0.4 is 0 Å². The van der Waals surface area contributed by atoms with Crippen LogP contribution in [0.5, 0.6) is 0 Å². The summed E-state index contributed by atoms with van der Waals surface area (Å²) in [5.41, 5.74) is 2.34. The summed E-state index contributed by atoms with van der Waals surface area (Å²) < 4.78 is 2.84. The lowest BCUT2D eigenvalue weighted by Gasteiger charge is -2.07. The fourth-order valence-corrected chi connectivity index (χ4v) is 2.37. The zero-order valence-corrected chi connectivity index (χ0v) is 11.0. The number of rotatable bonds is 3. The molecular formula is C12H14N2S2. The SMILES string of the molecule is CCc1c[nH]c(=S)n1-c1ccc(SC)cc1. The molecule has 0 aliphatic rings. The maximum absolute atomic E-state index is 5.28. The lowest BCUT2D eigenvalue weighted by Crippen LogP contribution is -1.98. The van der Waals surface area contributed by atoms with Gasteiger partial charge in [-0.15, -0.1) is 11.8 Å². The van der Waals surface area contributed by atoms with Gasteiger partial charge in [-0.25, -0.2) is 0 Å². The molecule has 2 rings (SSSR count). The third kappa shape index (κ3) is 2.08. The summed E-state index contributed by atoms with van der Waals surface area (Å²) in [5.74, 6) is 0. The van der Waals surface area contributed by atoms with Crippen LogP contribution in [0, 0.1) is 4.77 Å². The number of benzene rings is 1. The molecule has 4 heteroatoms. The Balaban J connectivity index is 2.49. The average Bonchev–Trinajstić information content (AvgIpc) is 2.70. The lowest BCUT2D eigenvalue weighted by molar-refractivity contribution is 0.921. The number of hydrogen-bond acceptors (Lipinski definition) is 2. The second-order valence-corrected chi connectivity index (χ2v) is 4.74. The average molecular weight is 250 g/mol. The molecule has 2 aromatic rings. The largest absolute Gasteiger partial charge is 0.337 e. The number of H-pyrrole nitrogens is 1. The predicted molar refractivity (Wildman–Crippen MR) is 72.1 cm³/mol. The normalized spacial score (nSPS) is 10.6. The first-order valence-corrected chi connectivity index (χ1v) is 6.83. The number of imidazole rings is 1. The van der Waals surface area contributed by atoms with Crippen LogP contribution in [0.2, 0.25) is 0 Å². The van der Waals surface area contributed by atoms with Crippen molar-refractivity contribution in [2.45, 2.75) is 18.2 Å². The molecular weight excluding hydrogens is 236 g/mol. The first-order chi connectivity index (χ1) is 7.76. The van der Waals surface area contributed by atoms with Crippen molar-refractivity contribution in [3.8, 4) is 5.69 Å². The number of thioether (sulfide) groups is 1. The van der Waals surface area contributed by atoms with Crippen LogP contribution in [0.25, 0.3) is 5.69 Å². The van der Waals surface area contributed by atoms with Crippen molar-refractivity contribution in [1.82, 2.24) is 9.55 Å². The van der Waals surface area contributed by atoms with Crippen molar-refractivity contribution in [2.24, 2.45) is 0 Å². The summed E-state index contributed by atoms with van der Waals surface area (Å²) in [7, 11) is 0. The highest BCUT2D eigenvalue weighted by Crippen LogP contribution is 2.19. The predicted octanol–water partition coefficient (Wildman–Crippen LogP) is 3.82. The summed E-state index contributed by atoms with van der Waals surface area (Å²) in [5, 5.41) is 0. The summed E-state index contributed by atoms with van der Waals surface area (Å²) in [6.07, 6.45) is 5.02. The van der Waals surface area contributed by atoms with E-state index in [-0.39, 0.29) is 0 Å². The first-order valence-electron chi connectivity index (χ1n) is 5.20. The zero-order valence-electron chi connectivity index (χ0n) is 9.36. The summed E-state index contributed by atoms with van der Waals surface area (Å²) in [6, 6.07) is 8.45. The fourth-order valence-electron chi connectivity index (χ4n) is 1.68. The van der Waals surface area contributed by atoms with Gasteiger partial charge in [-0.1, -0.05) is 6.92 Å². The summed E-state index contributed by atoms with van der Waals surface area (Å²) in [4.78, 5) is 4.36. The third-order valence-corrected chi connectivity index (χ3v) is 3.59. The molecule has 16 heavy (non-hydrogen) atoms. The van der Waals surface area contributed by atoms with Gasteiger partial charge in [0.25, 0.3) is 0 Å². The zero-order chi connectivity index (χ0) is 11.5. The monoisotopic (exact) mass is 250 g/mol. The van der Waals surface area contributed by atoms with Gasteiger partial charge >= 0.3 is 0 Å². The molecule has 0 unspecified atom stereocenters. The molecule has 1 aromatic heterocycles. The minimum atomic E-state index is 0.758. The van der Waals surface area contributed by atoms with Gasteiger partial charge in [0.15, 0.2) is 4.77 Å². The van der Waals surface area contributed by atoms with Crippen LogP contribution in [0.4, 0.5) is 0 Å². The van der Waals surface area contributed by atoms with Gasteiger partial charge in [-0.3, -0.25) is 4.57 Å². The van der Waals surface area contributed by atoms with Gasteiger partial charge in [0.1, 0.15) is 0 Å². The molecule has 1 heterocycles. The van der Waals surface area contributed by atoms with Crippen LogP contribution in [0.3, 0.4) is 0 Å². The number of nitrogens with one attached hydrogen (secondary N) is 1. The van der Waals surface area contributed by atoms with E-state index >= 15 is 0 Å². The molecule has 0 radical (unpaired) electrons. The van der Waals surface area contributed by atoms with E-state index in [1.807, 2.05) is 6.20 Å². The second-order valence-electron chi connectivity index (χ2n) is 3.47. The van der Waals surface area contributed by atoms with Crippen molar-refractivity contribution < 1.29 is 0 Å². The highest BCUT2D eigenvalue weighted by molar-refractivity contribution is 7.98. The topological polar surface area (TPSA) is 20.7 Å². The van der Waals surface area contributed by atoms with E-state index in [1.165, 1.54) is 10.6 Å². The maximum atomic E-state index is 5.28. The molecule has 0 saturated heterocycles. The number of aryl methyl sites for hydroxylation is 1. The Bertz CT molecular complexity index is 523. The van der Waals surface area contributed by atoms with Crippen LogP contribution in [-0.2, 0) is 6.42 Å². The molecule has 1 N–H and O–H groups in total. The van der Waals surface area contributed by atoms with Gasteiger partial charge < -0.3 is 4.98 Å². The van der Waals surface area contributed by atoms with Crippen molar-refractivity contribution in [2.75, 3.05) is 6.26 Å². The van der Waals surface area contributed by atoms with Crippen LogP contribution >= 0.6 is 24.0 Å². The molecule has 0 atom stereocenters. The van der Waals surface area contributed by atoms with Crippen molar-refractivity contribution in [3.05, 3.63) is 40.9 Å². The summed E-state index contributed by atoms with van der Waals surface area (Å²) in [6.45, 7) is 2.13. The highest BCUT2D eigenvalue weighted by atomic mass is 32.2. The Labute approximate surface area is 105 Å². The highest BCUT2D eigenvalue weighted by Gasteiger charge is 2.04. The van der Waals surface area contributed by atoms with Gasteiger partial charge in [0, 0.05) is 22.5 Å². The van der Waals surface area contributed by atoms with Gasteiger partial charge in [-0.05, 0) is 49.2 Å². The van der Waals surface area contributed by atoms with E-state index in [0.717, 1.165) is 16.9 Å². The summed E-state index contributed by atoms with van der Waals surface area (Å²) >= 11 is 7.03. The van der Waals surface area contributed by atoms with E-state index in [4.69, 9.17) is 12.2 Å². The molecule has 0 aliphatic carbocycles. The molecule has 0 spiro atoms. The van der Waals surface area contributed by atoms with Crippen LogP contribution in [-0.4, -0.2) is 15.8 Å². The molecule has 0 saturated carbocycles. The number of aromatic amines is 1. The minimum Gasteiger partial charge on any atom is -0.337 e. The lowest BCUT2D eigenvalue weighted by atomic mass is 10.3. The molecule has 0 bridgehead atoms. The molecule has 0 amide bonds. The number of nitrogens with zero attached hydrogens (tertiary/aromatic N) is 1. The van der Waals surface area contributed by atoms with Gasteiger partial charge in [-0.2, -0.15) is 0 Å². The Hall–Kier alpha value is -1.00. The number of aromatic nitrogens is 2. The standard InChI is InChI=1S/C12H14N2S2/c1-3-9-8-13-12(15)14(9)10-4-6-11(16-2)7-5-10/h4-8H,3H2,1-2H3,(H,13,15). The van der Waals surface area contributed by atoms with Crippen molar-refractivity contribution in [3.63, 3.8) is 0 Å². The fraction of sp³-hybridized carbons (Fsp3) is 0.250. The van der Waals surface area contributed by atoms with Gasteiger partial charge in [0.2, 0.25) is 0 Å². The van der Waals surface area contributed by atoms with E-state index in [1.54, 1.807) is 11.8 Å². The quantitative estimate of drug-likeness (QED) is 0.660. The number of hydrogen-bond donors (Lipinski definition) is 1. The van der Waals surface area contributed by atoms with Crippen molar-refractivity contribution >= 4 is 24.0 Å². The van der Waals surface area contributed by atoms with E-state index in [0.29, 0.717) is 0 Å². The minimum absolute atomic E-state index is 0.758. The van der Waals surface area contributed by atoms with Crippen LogP contribution in [0.1, 0.15) is 12.6 Å². The van der Waals surface area contributed by atoms with Gasteiger partial charge in [0.05, 0.1) is 0 Å². The van der Waals surface area contributed by atoms with E-state index < -0.39 is 0 Å². The van der Waals surface area contributed by atoms with E-state index in [9.17, 15) is 0 Å². The Morgan fingerprint density at radius 1 is 1.31 bits per heavy atom. The Morgan fingerprint density at radius 3 is 2.56 bits per heavy atom.